The van der Waals surface area contributed by atoms with Gasteiger partial charge in [0.1, 0.15) is 11.5 Å². The summed E-state index contributed by atoms with van der Waals surface area (Å²) < 4.78 is 10.5. The summed E-state index contributed by atoms with van der Waals surface area (Å²) in [5.74, 6) is 0.267. The Morgan fingerprint density at radius 3 is 2.77 bits per heavy atom. The molecule has 5 nitrogen and oxygen atoms in total. The Balaban J connectivity index is 1.67. The molecule has 1 N–H and O–H groups in total. The van der Waals surface area contributed by atoms with Gasteiger partial charge in [0.25, 0.3) is 5.91 Å². The lowest BCUT2D eigenvalue weighted by molar-refractivity contribution is -0.133. The van der Waals surface area contributed by atoms with Crippen LogP contribution < -0.4 is 14.8 Å². The quantitative estimate of drug-likeness (QED) is 0.698. The summed E-state index contributed by atoms with van der Waals surface area (Å²) in [6.45, 7) is -0.0112. The van der Waals surface area contributed by atoms with E-state index in [0.29, 0.717) is 22.2 Å². The van der Waals surface area contributed by atoms with E-state index in [0.717, 1.165) is 5.56 Å². The fourth-order valence-corrected chi connectivity index (χ4v) is 2.19. The maximum absolute atomic E-state index is 11.9. The first-order chi connectivity index (χ1) is 10.6. The van der Waals surface area contributed by atoms with Crippen LogP contribution in [0.2, 0.25) is 5.02 Å². The van der Waals surface area contributed by atoms with Crippen molar-refractivity contribution in [2.45, 2.75) is 6.42 Å². The highest BCUT2D eigenvalue weighted by molar-refractivity contribution is 6.30. The van der Waals surface area contributed by atoms with Gasteiger partial charge in [-0.05, 0) is 29.8 Å². The third-order valence-corrected chi connectivity index (χ3v) is 3.33. The second kappa shape index (κ2) is 6.07. The molecule has 3 rings (SSSR count). The fraction of sp³-hybridized carbons (Fsp3) is 0.125. The van der Waals surface area contributed by atoms with E-state index in [4.69, 9.17) is 21.1 Å². The van der Waals surface area contributed by atoms with Crippen LogP contribution in [0, 0.1) is 0 Å². The molecule has 0 saturated carbocycles. The average molecular weight is 318 g/mol. The van der Waals surface area contributed by atoms with Crippen molar-refractivity contribution in [2.75, 3.05) is 11.9 Å². The minimum Gasteiger partial charge on any atom is -0.482 e. The zero-order valence-electron chi connectivity index (χ0n) is 11.5. The molecule has 2 aromatic carbocycles. The molecule has 0 fully saturated rings. The van der Waals surface area contributed by atoms with Crippen molar-refractivity contribution >= 4 is 29.2 Å². The fourth-order valence-electron chi connectivity index (χ4n) is 2.06. The number of rotatable bonds is 3. The molecule has 1 heterocycles. The number of amides is 1. The van der Waals surface area contributed by atoms with Gasteiger partial charge in [0.05, 0.1) is 12.1 Å². The lowest BCUT2D eigenvalue weighted by Crippen LogP contribution is -2.25. The Morgan fingerprint density at radius 1 is 1.23 bits per heavy atom. The first kappa shape index (κ1) is 14.4. The Kier molecular flexibility index (Phi) is 3.98. The summed E-state index contributed by atoms with van der Waals surface area (Å²) in [7, 11) is 0. The molecule has 22 heavy (non-hydrogen) atoms. The Labute approximate surface area is 131 Å². The molecular weight excluding hydrogens is 306 g/mol. The summed E-state index contributed by atoms with van der Waals surface area (Å²) in [6, 6.07) is 11.8. The van der Waals surface area contributed by atoms with Gasteiger partial charge in [-0.25, -0.2) is 0 Å². The maximum Gasteiger partial charge on any atom is 0.315 e. The summed E-state index contributed by atoms with van der Waals surface area (Å²) in [6.07, 6.45) is 0.136. The van der Waals surface area contributed by atoms with E-state index in [-0.39, 0.29) is 18.9 Å². The van der Waals surface area contributed by atoms with Crippen LogP contribution in [-0.2, 0) is 16.0 Å². The monoisotopic (exact) mass is 317 g/mol. The summed E-state index contributed by atoms with van der Waals surface area (Å²) in [4.78, 5) is 23.2. The Morgan fingerprint density at radius 2 is 2.00 bits per heavy atom. The molecule has 0 bridgehead atoms. The summed E-state index contributed by atoms with van der Waals surface area (Å²) >= 11 is 5.79. The number of nitrogens with one attached hydrogen (secondary N) is 1. The zero-order chi connectivity index (χ0) is 15.5. The van der Waals surface area contributed by atoms with Gasteiger partial charge < -0.3 is 14.8 Å². The molecule has 2 aromatic rings. The number of esters is 1. The molecule has 0 spiro atoms. The molecule has 6 heteroatoms. The molecule has 0 saturated heterocycles. The number of hydrogen-bond acceptors (Lipinski definition) is 4. The average Bonchev–Trinajstić information content (AvgIpc) is 2.49. The zero-order valence-corrected chi connectivity index (χ0v) is 12.2. The number of anilines is 1. The molecular formula is C16H12ClNO4. The van der Waals surface area contributed by atoms with Gasteiger partial charge in [-0.1, -0.05) is 23.7 Å². The predicted octanol–water partition coefficient (Wildman–Crippen LogP) is 2.82. The van der Waals surface area contributed by atoms with Gasteiger partial charge in [-0.3, -0.25) is 9.59 Å². The molecule has 0 atom stereocenters. The molecule has 112 valence electrons. The molecule has 1 aliphatic heterocycles. The van der Waals surface area contributed by atoms with Crippen LogP contribution in [0.5, 0.6) is 11.5 Å². The van der Waals surface area contributed by atoms with E-state index >= 15 is 0 Å². The highest BCUT2D eigenvalue weighted by Gasteiger charge is 2.17. The van der Waals surface area contributed by atoms with E-state index in [9.17, 15) is 9.59 Å². The van der Waals surface area contributed by atoms with Gasteiger partial charge in [0.2, 0.25) is 0 Å². The molecule has 1 amide bonds. The van der Waals surface area contributed by atoms with E-state index in [1.807, 2.05) is 0 Å². The van der Waals surface area contributed by atoms with Crippen molar-refractivity contribution in [2.24, 2.45) is 0 Å². The molecule has 0 aromatic heterocycles. The topological polar surface area (TPSA) is 64.6 Å². The molecule has 1 aliphatic rings. The molecule has 0 aliphatic carbocycles. The number of carbonyl (C=O) groups excluding carboxylic acids is 2. The maximum atomic E-state index is 11.9. The van der Waals surface area contributed by atoms with Crippen LogP contribution in [0.15, 0.2) is 42.5 Å². The largest absolute Gasteiger partial charge is 0.482 e. The van der Waals surface area contributed by atoms with Gasteiger partial charge in [-0.2, -0.15) is 0 Å². The van der Waals surface area contributed by atoms with Crippen LogP contribution >= 0.6 is 11.6 Å². The molecule has 0 radical (unpaired) electrons. The number of benzene rings is 2. The van der Waals surface area contributed by atoms with Crippen molar-refractivity contribution in [3.05, 3.63) is 53.1 Å². The van der Waals surface area contributed by atoms with E-state index in [2.05, 4.69) is 5.32 Å². The minimum absolute atomic E-state index is 0.0112. The van der Waals surface area contributed by atoms with Crippen LogP contribution in [0.3, 0.4) is 0 Å². The van der Waals surface area contributed by atoms with Gasteiger partial charge in [0.15, 0.2) is 6.61 Å². The van der Waals surface area contributed by atoms with E-state index in [1.54, 1.807) is 42.5 Å². The first-order valence-electron chi connectivity index (χ1n) is 6.62. The van der Waals surface area contributed by atoms with Crippen LogP contribution in [0.25, 0.3) is 0 Å². The second-order valence-electron chi connectivity index (χ2n) is 4.77. The van der Waals surface area contributed by atoms with Gasteiger partial charge in [-0.15, -0.1) is 0 Å². The third-order valence-electron chi connectivity index (χ3n) is 3.08. The second-order valence-corrected chi connectivity index (χ2v) is 5.21. The van der Waals surface area contributed by atoms with Crippen LogP contribution in [-0.4, -0.2) is 18.5 Å². The number of carbonyl (C=O) groups is 2. The van der Waals surface area contributed by atoms with Crippen molar-refractivity contribution < 1.29 is 19.1 Å². The SMILES string of the molecule is O=C1COc2ccc(OC(=O)Cc3ccc(Cl)cc3)cc2N1. The first-order valence-corrected chi connectivity index (χ1v) is 7.00. The van der Waals surface area contributed by atoms with Crippen molar-refractivity contribution in [3.63, 3.8) is 0 Å². The smallest absolute Gasteiger partial charge is 0.315 e. The number of halogens is 1. The summed E-state index contributed by atoms with van der Waals surface area (Å²) in [5.41, 5.74) is 1.30. The number of ether oxygens (including phenoxy) is 2. The highest BCUT2D eigenvalue weighted by Crippen LogP contribution is 2.31. The van der Waals surface area contributed by atoms with E-state index in [1.165, 1.54) is 0 Å². The minimum atomic E-state index is -0.398. The highest BCUT2D eigenvalue weighted by atomic mass is 35.5. The predicted molar refractivity (Wildman–Crippen MR) is 81.4 cm³/mol. The number of fused-ring (bicyclic) bond motifs is 1. The Bertz CT molecular complexity index is 727. The van der Waals surface area contributed by atoms with E-state index < -0.39 is 5.97 Å². The van der Waals surface area contributed by atoms with Crippen molar-refractivity contribution in [1.82, 2.24) is 0 Å². The van der Waals surface area contributed by atoms with Crippen molar-refractivity contribution in [3.8, 4) is 11.5 Å². The number of hydrogen-bond donors (Lipinski definition) is 1. The van der Waals surface area contributed by atoms with Crippen molar-refractivity contribution in [1.29, 1.82) is 0 Å². The lowest BCUT2D eigenvalue weighted by atomic mass is 10.1. The Hall–Kier alpha value is -2.53. The van der Waals surface area contributed by atoms with Crippen LogP contribution in [0.4, 0.5) is 5.69 Å². The van der Waals surface area contributed by atoms with Crippen LogP contribution in [0.1, 0.15) is 5.56 Å². The van der Waals surface area contributed by atoms with Gasteiger partial charge in [0, 0.05) is 11.1 Å². The molecule has 0 unspecified atom stereocenters. The third kappa shape index (κ3) is 3.38. The summed E-state index contributed by atoms with van der Waals surface area (Å²) in [5, 5.41) is 3.27. The normalized spacial score (nSPS) is 12.9. The standard InChI is InChI=1S/C16H12ClNO4/c17-11-3-1-10(2-4-11)7-16(20)22-12-5-6-14-13(8-12)18-15(19)9-21-14/h1-6,8H,7,9H2,(H,18,19). The van der Waals surface area contributed by atoms with Gasteiger partial charge >= 0.3 is 5.97 Å². The lowest BCUT2D eigenvalue weighted by Gasteiger charge is -2.18.